The van der Waals surface area contributed by atoms with Gasteiger partial charge in [0.2, 0.25) is 17.6 Å². The predicted molar refractivity (Wildman–Crippen MR) is 379 cm³/mol. The summed E-state index contributed by atoms with van der Waals surface area (Å²) in [6.45, 7) is 7.97. The SMILES string of the molecule is CC(=O)Oc1c(Cc2cc(C)no2)nc2c(Cc3ccccc3)nc(-c3ccccc3)cn12.CC(=O)Oc1c(Cc2ccccc2)nc2c(Cc3cccc(F)c3F)nc(-c3ccccc3)cn12.CCc1cc(Cc2nc3c(Cc4ccccc4)nc(-c4ccccc4)cn3c2OC(C)=O)on1. The Labute approximate surface area is 584 Å². The molecule has 0 amide bonds. The summed E-state index contributed by atoms with van der Waals surface area (Å²) in [6, 6.07) is 67.0. The smallest absolute Gasteiger partial charge is 0.309 e. The van der Waals surface area contributed by atoms with Crippen molar-refractivity contribution >= 4 is 34.8 Å². The number of fused-ring (bicyclic) bond motifs is 3. The number of ether oxygens (including phenoxy) is 3. The molecule has 508 valence electrons. The molecule has 21 heteroatoms. The maximum absolute atomic E-state index is 14.6. The van der Waals surface area contributed by atoms with Crippen molar-refractivity contribution in [3.8, 4) is 51.4 Å². The van der Waals surface area contributed by atoms with Gasteiger partial charge in [-0.15, -0.1) is 0 Å². The van der Waals surface area contributed by atoms with Crippen molar-refractivity contribution in [1.29, 1.82) is 0 Å². The van der Waals surface area contributed by atoms with Crippen molar-refractivity contribution in [1.82, 2.24) is 53.4 Å². The monoisotopic (exact) mass is 1360 g/mol. The van der Waals surface area contributed by atoms with Gasteiger partial charge in [0, 0.05) is 93.9 Å². The average molecular weight is 1360 g/mol. The van der Waals surface area contributed by atoms with Crippen LogP contribution in [0.5, 0.6) is 17.6 Å². The normalized spacial score (nSPS) is 11.1. The third-order valence-electron chi connectivity index (χ3n) is 16.4. The molecule has 0 N–H and O–H groups in total. The highest BCUT2D eigenvalue weighted by molar-refractivity contribution is 5.73. The maximum atomic E-state index is 14.6. The van der Waals surface area contributed by atoms with Crippen molar-refractivity contribution in [2.75, 3.05) is 0 Å². The zero-order valence-electron chi connectivity index (χ0n) is 56.3. The molecule has 102 heavy (non-hydrogen) atoms. The Kier molecular flexibility index (Phi) is 20.5. The molecule has 0 saturated heterocycles. The second-order valence-corrected chi connectivity index (χ2v) is 24.1. The van der Waals surface area contributed by atoms with E-state index in [0.717, 1.165) is 80.0 Å². The third kappa shape index (κ3) is 16.0. The molecule has 0 fully saturated rings. The molecule has 0 radical (unpaired) electrons. The molecule has 8 heterocycles. The van der Waals surface area contributed by atoms with Gasteiger partial charge in [0.25, 0.3) is 0 Å². The van der Waals surface area contributed by atoms with Crippen LogP contribution >= 0.6 is 0 Å². The minimum Gasteiger partial charge on any atom is -0.407 e. The fraction of sp³-hybridized carbons (Fsp3) is 0.148. The first-order chi connectivity index (χ1) is 49.7. The Morgan fingerprint density at radius 3 is 1.09 bits per heavy atom. The second kappa shape index (κ2) is 30.9. The minimum atomic E-state index is -0.925. The van der Waals surface area contributed by atoms with E-state index in [2.05, 4.69) is 34.6 Å². The Hall–Kier alpha value is -12.9. The third-order valence-corrected chi connectivity index (χ3v) is 16.4. The van der Waals surface area contributed by atoms with E-state index in [1.165, 1.54) is 32.9 Å². The van der Waals surface area contributed by atoms with Crippen molar-refractivity contribution in [2.45, 2.75) is 79.6 Å². The summed E-state index contributed by atoms with van der Waals surface area (Å²) in [6.07, 6.45) is 8.54. The van der Waals surface area contributed by atoms with Crippen LogP contribution in [-0.2, 0) is 59.3 Å². The Morgan fingerprint density at radius 2 is 0.735 bits per heavy atom. The lowest BCUT2D eigenvalue weighted by molar-refractivity contribution is -0.133. The van der Waals surface area contributed by atoms with Crippen molar-refractivity contribution < 1.29 is 46.4 Å². The van der Waals surface area contributed by atoms with Crippen LogP contribution in [0.4, 0.5) is 8.78 Å². The summed E-state index contributed by atoms with van der Waals surface area (Å²) in [4.78, 5) is 65.1. The van der Waals surface area contributed by atoms with Gasteiger partial charge in [-0.05, 0) is 41.7 Å². The molecule has 0 aliphatic rings. The zero-order valence-corrected chi connectivity index (χ0v) is 56.3. The molecular weight excluding hydrogens is 1290 g/mol. The van der Waals surface area contributed by atoms with E-state index < -0.39 is 29.5 Å². The number of aromatic nitrogens is 11. The zero-order chi connectivity index (χ0) is 70.6. The van der Waals surface area contributed by atoms with E-state index in [1.54, 1.807) is 10.6 Å². The van der Waals surface area contributed by atoms with Crippen molar-refractivity contribution in [2.24, 2.45) is 0 Å². The second-order valence-electron chi connectivity index (χ2n) is 24.1. The minimum absolute atomic E-state index is 0.00900. The molecule has 15 rings (SSSR count). The first-order valence-electron chi connectivity index (χ1n) is 33.0. The van der Waals surface area contributed by atoms with Crippen molar-refractivity contribution in [3.05, 3.63) is 322 Å². The van der Waals surface area contributed by atoms with Crippen LogP contribution < -0.4 is 14.2 Å². The van der Waals surface area contributed by atoms with Crippen LogP contribution in [0.15, 0.2) is 240 Å². The lowest BCUT2D eigenvalue weighted by atomic mass is 10.1. The molecule has 0 unspecified atom stereocenters. The van der Waals surface area contributed by atoms with E-state index in [-0.39, 0.29) is 17.9 Å². The highest BCUT2D eigenvalue weighted by Gasteiger charge is 2.26. The highest BCUT2D eigenvalue weighted by atomic mass is 19.2. The molecule has 7 aromatic carbocycles. The summed E-state index contributed by atoms with van der Waals surface area (Å²) in [5.41, 5.74) is 15.3. The lowest BCUT2D eigenvalue weighted by Crippen LogP contribution is -2.07. The van der Waals surface area contributed by atoms with Crippen LogP contribution in [0.1, 0.15) is 107 Å². The van der Waals surface area contributed by atoms with Gasteiger partial charge in [-0.1, -0.05) is 211 Å². The number of esters is 3. The maximum Gasteiger partial charge on any atom is 0.309 e. The van der Waals surface area contributed by atoms with Crippen LogP contribution in [0, 0.1) is 18.6 Å². The summed E-state index contributed by atoms with van der Waals surface area (Å²) in [5, 5.41) is 8.03. The molecule has 19 nitrogen and oxygen atoms in total. The largest absolute Gasteiger partial charge is 0.407 e. The number of benzene rings is 7. The first-order valence-corrected chi connectivity index (χ1v) is 33.0. The van der Waals surface area contributed by atoms with Crippen molar-refractivity contribution in [3.63, 3.8) is 0 Å². The Morgan fingerprint density at radius 1 is 0.392 bits per heavy atom. The number of carbonyl (C=O) groups is 3. The van der Waals surface area contributed by atoms with E-state index in [1.807, 2.05) is 205 Å². The molecule has 0 aliphatic carbocycles. The van der Waals surface area contributed by atoms with Gasteiger partial charge in [0.1, 0.15) is 28.6 Å². The van der Waals surface area contributed by atoms with Gasteiger partial charge in [-0.2, -0.15) is 0 Å². The number of rotatable bonds is 19. The molecule has 15 aromatic rings. The predicted octanol–water partition coefficient (Wildman–Crippen LogP) is 15.6. The quantitative estimate of drug-likeness (QED) is 0.0687. The lowest BCUT2D eigenvalue weighted by Gasteiger charge is -2.10. The number of carbonyl (C=O) groups excluding carboxylic acids is 3. The summed E-state index contributed by atoms with van der Waals surface area (Å²) in [5.74, 6) is -0.868. The molecule has 8 aromatic heterocycles. The molecule has 0 aliphatic heterocycles. The fourth-order valence-corrected chi connectivity index (χ4v) is 11.8. The number of imidazole rings is 3. The van der Waals surface area contributed by atoms with Crippen LogP contribution in [0.3, 0.4) is 0 Å². The van der Waals surface area contributed by atoms with Gasteiger partial charge < -0.3 is 23.3 Å². The van der Waals surface area contributed by atoms with E-state index in [0.29, 0.717) is 101 Å². The average Bonchev–Trinajstić information content (AvgIpc) is 1.63. The molecular formula is C81H67F2N11O8. The van der Waals surface area contributed by atoms with Crippen LogP contribution in [0.25, 0.3) is 50.7 Å². The van der Waals surface area contributed by atoms with Gasteiger partial charge in [0.15, 0.2) is 28.6 Å². The van der Waals surface area contributed by atoms with Gasteiger partial charge >= 0.3 is 17.9 Å². The molecule has 0 atom stereocenters. The number of hydrogen-bond donors (Lipinski definition) is 0. The van der Waals surface area contributed by atoms with E-state index >= 15 is 0 Å². The highest BCUT2D eigenvalue weighted by Crippen LogP contribution is 2.34. The van der Waals surface area contributed by atoms with E-state index in [4.69, 9.17) is 53.2 Å². The topological polar surface area (TPSA) is 222 Å². The molecule has 0 spiro atoms. The van der Waals surface area contributed by atoms with Crippen LogP contribution in [-0.4, -0.2) is 71.3 Å². The Bertz CT molecular complexity index is 5450. The summed E-state index contributed by atoms with van der Waals surface area (Å²) in [7, 11) is 0. The Balaban J connectivity index is 0.000000137. The van der Waals surface area contributed by atoms with Crippen LogP contribution in [0.2, 0.25) is 0 Å². The summed E-state index contributed by atoms with van der Waals surface area (Å²) < 4.78 is 61.6. The molecule has 0 saturated carbocycles. The number of hydrogen-bond acceptors (Lipinski definition) is 16. The fourth-order valence-electron chi connectivity index (χ4n) is 11.8. The number of halogens is 2. The summed E-state index contributed by atoms with van der Waals surface area (Å²) >= 11 is 0. The van der Waals surface area contributed by atoms with E-state index in [9.17, 15) is 23.2 Å². The molecule has 0 bridgehead atoms. The van der Waals surface area contributed by atoms with Gasteiger partial charge in [-0.3, -0.25) is 27.6 Å². The first kappa shape index (κ1) is 67.6. The number of nitrogens with zero attached hydrogens (tertiary/aromatic N) is 11. The number of aryl methyl sites for hydroxylation is 2. The van der Waals surface area contributed by atoms with Gasteiger partial charge in [-0.25, -0.2) is 38.7 Å². The standard InChI is InChI=1S/C28H21F2N3O2.C27H24N4O3.C26H22N4O3/c1-18(34)35-28-24(15-19-9-4-2-5-10-19)32-27-23(16-21-13-8-14-22(29)26(21)30)31-25(17-33(27)28)20-11-6-3-7-12-20;1-3-21-15-22(34-30-21)16-24-27(33-18(2)32)31-17-25(20-12-8-5-9-13-20)28-23(26(31)29-24)14-19-10-6-4-7-11-19;1-17-13-21(33-29-17)15-23-26(32-18(2)31)30-16-24(20-11-7-4-8-12-20)27-22(25(30)28-23)14-19-9-5-3-6-10-19/h2-14,17H,15-16H2,1H3;4-13,15,17H,3,14,16H2,1-2H3;3-13,16H,14-15H2,1-2H3. The van der Waals surface area contributed by atoms with Gasteiger partial charge in [0.05, 0.1) is 58.4 Å².